The van der Waals surface area contributed by atoms with Crippen LogP contribution in [0.4, 0.5) is 5.69 Å². The van der Waals surface area contributed by atoms with Crippen LogP contribution in [0.3, 0.4) is 0 Å². The van der Waals surface area contributed by atoms with Gasteiger partial charge in [-0.3, -0.25) is 9.10 Å². The van der Waals surface area contributed by atoms with Crippen LogP contribution in [-0.4, -0.2) is 34.1 Å². The molecule has 0 unspecified atom stereocenters. The second kappa shape index (κ2) is 10.00. The molecule has 7 nitrogen and oxygen atoms in total. The van der Waals surface area contributed by atoms with Gasteiger partial charge in [-0.1, -0.05) is 43.3 Å². The first-order chi connectivity index (χ1) is 16.7. The summed E-state index contributed by atoms with van der Waals surface area (Å²) in [5, 5.41) is 3.05. The highest BCUT2D eigenvalue weighted by atomic mass is 32.2. The molecule has 0 spiro atoms. The largest absolute Gasteiger partial charge is 0.496 e. The van der Waals surface area contributed by atoms with E-state index in [9.17, 15) is 13.2 Å². The number of benzene rings is 3. The van der Waals surface area contributed by atoms with Crippen LogP contribution in [0.5, 0.6) is 11.5 Å². The average Bonchev–Trinajstić information content (AvgIpc) is 2.86. The Kier molecular flexibility index (Phi) is 7.03. The summed E-state index contributed by atoms with van der Waals surface area (Å²) >= 11 is 0. The Labute approximate surface area is 206 Å². The molecule has 8 heteroatoms. The Hall–Kier alpha value is -3.52. The molecule has 0 saturated carbocycles. The van der Waals surface area contributed by atoms with Crippen LogP contribution in [0.2, 0.25) is 0 Å². The number of carbonyl (C=O) groups excluding carboxylic acids is 1. The molecule has 4 rings (SSSR count). The van der Waals surface area contributed by atoms with Crippen molar-refractivity contribution >= 4 is 21.6 Å². The molecule has 1 heterocycles. The molecule has 0 bridgehead atoms. The Balaban J connectivity index is 1.63. The Morgan fingerprint density at radius 3 is 2.51 bits per heavy atom. The van der Waals surface area contributed by atoms with E-state index in [1.165, 1.54) is 4.31 Å². The van der Waals surface area contributed by atoms with Gasteiger partial charge in [0, 0.05) is 0 Å². The second-order valence-electron chi connectivity index (χ2n) is 8.63. The minimum atomic E-state index is -3.90. The van der Waals surface area contributed by atoms with Crippen LogP contribution in [0, 0.1) is 13.8 Å². The number of nitrogens with one attached hydrogen (secondary N) is 1. The topological polar surface area (TPSA) is 84.9 Å². The molecule has 3 aromatic carbocycles. The predicted molar refractivity (Wildman–Crippen MR) is 135 cm³/mol. The zero-order chi connectivity index (χ0) is 25.2. The second-order valence-corrected chi connectivity index (χ2v) is 10.5. The lowest BCUT2D eigenvalue weighted by Gasteiger charge is -2.35. The molecular formula is C27H30N2O5S. The summed E-state index contributed by atoms with van der Waals surface area (Å²) in [5.41, 5.74) is 3.23. The number of amides is 1. The zero-order valence-electron chi connectivity index (χ0n) is 20.3. The first-order valence-electron chi connectivity index (χ1n) is 11.5. The molecule has 1 aliphatic rings. The van der Waals surface area contributed by atoms with Gasteiger partial charge < -0.3 is 14.8 Å². The van der Waals surface area contributed by atoms with Crippen molar-refractivity contribution < 1.29 is 22.7 Å². The van der Waals surface area contributed by atoms with Gasteiger partial charge in [0.2, 0.25) is 0 Å². The van der Waals surface area contributed by atoms with Gasteiger partial charge in [-0.25, -0.2) is 8.42 Å². The molecular weight excluding hydrogens is 464 g/mol. The van der Waals surface area contributed by atoms with Crippen molar-refractivity contribution in [2.75, 3.05) is 18.0 Å². The summed E-state index contributed by atoms with van der Waals surface area (Å²) in [6.45, 7) is 5.69. The highest BCUT2D eigenvalue weighted by Crippen LogP contribution is 2.38. The minimum Gasteiger partial charge on any atom is -0.496 e. The van der Waals surface area contributed by atoms with E-state index in [-0.39, 0.29) is 23.4 Å². The normalized spacial score (nSPS) is 16.1. The number of rotatable bonds is 7. The Bertz CT molecular complexity index is 1320. The van der Waals surface area contributed by atoms with Crippen LogP contribution < -0.4 is 19.1 Å². The quantitative estimate of drug-likeness (QED) is 0.521. The maximum Gasteiger partial charge on any atom is 0.264 e. The van der Waals surface area contributed by atoms with Gasteiger partial charge in [-0.2, -0.15) is 0 Å². The molecule has 35 heavy (non-hydrogen) atoms. The highest BCUT2D eigenvalue weighted by molar-refractivity contribution is 7.92. The highest BCUT2D eigenvalue weighted by Gasteiger charge is 2.38. The summed E-state index contributed by atoms with van der Waals surface area (Å²) in [7, 11) is -2.28. The monoisotopic (exact) mass is 494 g/mol. The fourth-order valence-corrected chi connectivity index (χ4v) is 5.74. The molecule has 1 aliphatic heterocycles. The van der Waals surface area contributed by atoms with Crippen molar-refractivity contribution in [3.63, 3.8) is 0 Å². The fourth-order valence-electron chi connectivity index (χ4n) is 4.25. The molecule has 0 fully saturated rings. The number of sulfonamides is 1. The number of carbonyl (C=O) groups is 1. The van der Waals surface area contributed by atoms with Gasteiger partial charge >= 0.3 is 0 Å². The van der Waals surface area contributed by atoms with Crippen LogP contribution >= 0.6 is 0 Å². The Morgan fingerprint density at radius 2 is 1.86 bits per heavy atom. The first-order valence-corrected chi connectivity index (χ1v) is 13.0. The fraction of sp³-hybridized carbons (Fsp3) is 0.296. The standard InChI is InChI=1S/C27H30N2O5S/c1-5-22(20-12-14-24(33-4)19(3)16-20)28-27(30)26-17-29(23-15-18(2)11-13-25(23)34-26)35(31,32)21-9-7-6-8-10-21/h6-16,22,26H,5,17H2,1-4H3,(H,28,30)/t22-,26-/m1/s1. The van der Waals surface area contributed by atoms with Gasteiger partial charge in [0.15, 0.2) is 6.10 Å². The van der Waals surface area contributed by atoms with Crippen molar-refractivity contribution in [2.24, 2.45) is 0 Å². The smallest absolute Gasteiger partial charge is 0.264 e. The molecule has 1 N–H and O–H groups in total. The number of methoxy groups -OCH3 is 1. The predicted octanol–water partition coefficient (Wildman–Crippen LogP) is 4.54. The van der Waals surface area contributed by atoms with Crippen LogP contribution in [0.15, 0.2) is 71.6 Å². The number of hydrogen-bond donors (Lipinski definition) is 1. The zero-order valence-corrected chi connectivity index (χ0v) is 21.1. The lowest BCUT2D eigenvalue weighted by atomic mass is 10.0. The van der Waals surface area contributed by atoms with Crippen molar-refractivity contribution in [3.8, 4) is 11.5 Å². The van der Waals surface area contributed by atoms with Crippen molar-refractivity contribution in [3.05, 3.63) is 83.4 Å². The van der Waals surface area contributed by atoms with E-state index in [1.54, 1.807) is 49.6 Å². The SMILES string of the molecule is CC[C@@H](NC(=O)[C@H]1CN(S(=O)(=O)c2ccccc2)c2cc(C)ccc2O1)c1ccc(OC)c(C)c1. The van der Waals surface area contributed by atoms with Gasteiger partial charge in [0.1, 0.15) is 11.5 Å². The van der Waals surface area contributed by atoms with E-state index in [0.29, 0.717) is 17.9 Å². The molecule has 0 aromatic heterocycles. The van der Waals surface area contributed by atoms with Crippen LogP contribution in [0.25, 0.3) is 0 Å². The van der Waals surface area contributed by atoms with Gasteiger partial charge in [0.05, 0.1) is 30.3 Å². The lowest BCUT2D eigenvalue weighted by Crippen LogP contribution is -2.51. The van der Waals surface area contributed by atoms with E-state index in [2.05, 4.69) is 5.32 Å². The van der Waals surface area contributed by atoms with E-state index in [1.807, 2.05) is 45.0 Å². The van der Waals surface area contributed by atoms with Gasteiger partial charge in [-0.05, 0) is 67.3 Å². The third kappa shape index (κ3) is 4.98. The lowest BCUT2D eigenvalue weighted by molar-refractivity contribution is -0.128. The number of aryl methyl sites for hydroxylation is 2. The molecule has 184 valence electrons. The van der Waals surface area contributed by atoms with Crippen molar-refractivity contribution in [2.45, 2.75) is 44.2 Å². The van der Waals surface area contributed by atoms with Crippen molar-refractivity contribution in [1.82, 2.24) is 5.32 Å². The van der Waals surface area contributed by atoms with E-state index < -0.39 is 16.1 Å². The molecule has 1 amide bonds. The molecule has 0 radical (unpaired) electrons. The number of hydrogen-bond acceptors (Lipinski definition) is 5. The van der Waals surface area contributed by atoms with E-state index in [4.69, 9.17) is 9.47 Å². The number of nitrogens with zero attached hydrogens (tertiary/aromatic N) is 1. The van der Waals surface area contributed by atoms with E-state index >= 15 is 0 Å². The third-order valence-corrected chi connectivity index (χ3v) is 7.95. The average molecular weight is 495 g/mol. The summed E-state index contributed by atoms with van der Waals surface area (Å²) in [4.78, 5) is 13.5. The van der Waals surface area contributed by atoms with Gasteiger partial charge in [0.25, 0.3) is 15.9 Å². The molecule has 0 saturated heterocycles. The van der Waals surface area contributed by atoms with E-state index in [0.717, 1.165) is 22.4 Å². The van der Waals surface area contributed by atoms with Crippen LogP contribution in [-0.2, 0) is 14.8 Å². The number of anilines is 1. The van der Waals surface area contributed by atoms with Crippen molar-refractivity contribution in [1.29, 1.82) is 0 Å². The first kappa shape index (κ1) is 24.6. The summed E-state index contributed by atoms with van der Waals surface area (Å²) in [6.07, 6.45) is -0.344. The number of ether oxygens (including phenoxy) is 2. The minimum absolute atomic E-state index is 0.127. The molecule has 0 aliphatic carbocycles. The maximum absolute atomic E-state index is 13.6. The third-order valence-electron chi connectivity index (χ3n) is 6.15. The van der Waals surface area contributed by atoms with Crippen LogP contribution in [0.1, 0.15) is 36.1 Å². The molecule has 2 atom stereocenters. The van der Waals surface area contributed by atoms with Gasteiger partial charge in [-0.15, -0.1) is 0 Å². The summed E-state index contributed by atoms with van der Waals surface area (Å²) in [6, 6.07) is 19.1. The molecule has 3 aromatic rings. The number of fused-ring (bicyclic) bond motifs is 1. The summed E-state index contributed by atoms with van der Waals surface area (Å²) < 4.78 is 39.7. The maximum atomic E-state index is 13.6. The Morgan fingerprint density at radius 1 is 1.11 bits per heavy atom. The summed E-state index contributed by atoms with van der Waals surface area (Å²) in [5.74, 6) is 0.763.